The summed E-state index contributed by atoms with van der Waals surface area (Å²) in [6, 6.07) is 4.53. The highest BCUT2D eigenvalue weighted by Crippen LogP contribution is 2.32. The molecule has 136 valence electrons. The van der Waals surface area contributed by atoms with Crippen LogP contribution in [0.4, 0.5) is 0 Å². The third-order valence-corrected chi connectivity index (χ3v) is 4.49. The zero-order valence-corrected chi connectivity index (χ0v) is 14.6. The molecule has 0 aromatic heterocycles. The van der Waals surface area contributed by atoms with Gasteiger partial charge in [0.15, 0.2) is 11.5 Å². The Morgan fingerprint density at radius 2 is 1.84 bits per heavy atom. The number of ether oxygens (including phenoxy) is 2. The quantitative estimate of drug-likeness (QED) is 0.741. The molecule has 0 aliphatic carbocycles. The fourth-order valence-corrected chi connectivity index (χ4v) is 3.21. The van der Waals surface area contributed by atoms with E-state index in [-0.39, 0.29) is 30.6 Å². The van der Waals surface area contributed by atoms with Crippen LogP contribution in [0.3, 0.4) is 0 Å². The highest BCUT2D eigenvalue weighted by Gasteiger charge is 2.31. The van der Waals surface area contributed by atoms with Gasteiger partial charge in [-0.3, -0.25) is 9.59 Å². The molecule has 25 heavy (non-hydrogen) atoms. The minimum atomic E-state index is -0.539. The van der Waals surface area contributed by atoms with Gasteiger partial charge in [-0.1, -0.05) is 0 Å². The molecule has 2 amide bonds. The Bertz CT molecular complexity index is 641. The van der Waals surface area contributed by atoms with Crippen LogP contribution < -0.4 is 25.4 Å². The third-order valence-electron chi connectivity index (χ3n) is 4.49. The van der Waals surface area contributed by atoms with E-state index in [1.807, 2.05) is 13.8 Å². The summed E-state index contributed by atoms with van der Waals surface area (Å²) in [6.45, 7) is 5.70. The zero-order valence-electron chi connectivity index (χ0n) is 14.6. The van der Waals surface area contributed by atoms with Gasteiger partial charge in [0, 0.05) is 11.6 Å². The van der Waals surface area contributed by atoms with Crippen molar-refractivity contribution in [3.63, 3.8) is 0 Å². The molecule has 0 saturated carbocycles. The Kier molecular flexibility index (Phi) is 5.43. The SMILES string of the molecule is CC(C)NC(=O)C(NC(=O)c1ccc2c(c1)OCO2)C1CCNCC1. The maximum absolute atomic E-state index is 12.7. The summed E-state index contributed by atoms with van der Waals surface area (Å²) in [5, 5.41) is 9.13. The topological polar surface area (TPSA) is 88.7 Å². The maximum Gasteiger partial charge on any atom is 0.252 e. The average molecular weight is 347 g/mol. The average Bonchev–Trinajstić information content (AvgIpc) is 3.07. The van der Waals surface area contributed by atoms with Crippen LogP contribution >= 0.6 is 0 Å². The first-order valence-corrected chi connectivity index (χ1v) is 8.76. The summed E-state index contributed by atoms with van der Waals surface area (Å²) in [7, 11) is 0. The molecule has 0 spiro atoms. The second-order valence-corrected chi connectivity index (χ2v) is 6.77. The van der Waals surface area contributed by atoms with Crippen molar-refractivity contribution < 1.29 is 19.1 Å². The van der Waals surface area contributed by atoms with Gasteiger partial charge >= 0.3 is 0 Å². The summed E-state index contributed by atoms with van der Waals surface area (Å²) in [5.41, 5.74) is 0.459. The van der Waals surface area contributed by atoms with E-state index >= 15 is 0 Å². The second kappa shape index (κ2) is 7.74. The number of rotatable bonds is 5. The number of hydrogen-bond acceptors (Lipinski definition) is 5. The Morgan fingerprint density at radius 3 is 2.56 bits per heavy atom. The van der Waals surface area contributed by atoms with Crippen molar-refractivity contribution in [2.75, 3.05) is 19.9 Å². The summed E-state index contributed by atoms with van der Waals surface area (Å²) in [4.78, 5) is 25.3. The molecule has 1 saturated heterocycles. The molecule has 1 atom stereocenters. The molecule has 2 heterocycles. The summed E-state index contributed by atoms with van der Waals surface area (Å²) >= 11 is 0. The van der Waals surface area contributed by atoms with E-state index in [1.165, 1.54) is 0 Å². The van der Waals surface area contributed by atoms with Crippen LogP contribution in [0, 0.1) is 5.92 Å². The molecule has 7 heteroatoms. The monoisotopic (exact) mass is 347 g/mol. The number of amides is 2. The van der Waals surface area contributed by atoms with Crippen molar-refractivity contribution in [3.05, 3.63) is 23.8 Å². The van der Waals surface area contributed by atoms with Crippen LogP contribution in [-0.4, -0.2) is 43.8 Å². The van der Waals surface area contributed by atoms with Gasteiger partial charge < -0.3 is 25.4 Å². The number of carbonyl (C=O) groups is 2. The molecule has 2 aliphatic rings. The number of carbonyl (C=O) groups excluding carboxylic acids is 2. The second-order valence-electron chi connectivity index (χ2n) is 6.77. The lowest BCUT2D eigenvalue weighted by atomic mass is 9.89. The standard InChI is InChI=1S/C18H25N3O4/c1-11(2)20-18(23)16(12-5-7-19-8-6-12)21-17(22)13-3-4-14-15(9-13)25-10-24-14/h3-4,9,11-12,16,19H,5-8,10H2,1-2H3,(H,20,23)(H,21,22). The van der Waals surface area contributed by atoms with E-state index in [9.17, 15) is 9.59 Å². The van der Waals surface area contributed by atoms with Crippen LogP contribution in [0.15, 0.2) is 18.2 Å². The van der Waals surface area contributed by atoms with Gasteiger partial charge in [-0.05, 0) is 63.9 Å². The first-order valence-electron chi connectivity index (χ1n) is 8.76. The fraction of sp³-hybridized carbons (Fsp3) is 0.556. The Balaban J connectivity index is 1.74. The normalized spacial score (nSPS) is 18.0. The lowest BCUT2D eigenvalue weighted by molar-refractivity contribution is -0.125. The van der Waals surface area contributed by atoms with Crippen LogP contribution in [0.1, 0.15) is 37.0 Å². The zero-order chi connectivity index (χ0) is 17.8. The summed E-state index contributed by atoms with van der Waals surface area (Å²) in [6.07, 6.45) is 1.72. The van der Waals surface area contributed by atoms with Gasteiger partial charge in [0.2, 0.25) is 12.7 Å². The molecular formula is C18H25N3O4. The van der Waals surface area contributed by atoms with E-state index in [0.717, 1.165) is 25.9 Å². The Morgan fingerprint density at radius 1 is 1.12 bits per heavy atom. The largest absolute Gasteiger partial charge is 0.454 e. The predicted molar refractivity (Wildman–Crippen MR) is 92.7 cm³/mol. The van der Waals surface area contributed by atoms with Crippen LogP contribution in [0.2, 0.25) is 0 Å². The van der Waals surface area contributed by atoms with Crippen LogP contribution in [0.5, 0.6) is 11.5 Å². The molecule has 7 nitrogen and oxygen atoms in total. The number of fused-ring (bicyclic) bond motifs is 1. The molecule has 0 bridgehead atoms. The van der Waals surface area contributed by atoms with Crippen molar-refractivity contribution in [2.45, 2.75) is 38.8 Å². The minimum Gasteiger partial charge on any atom is -0.454 e. The van der Waals surface area contributed by atoms with Crippen molar-refractivity contribution in [1.29, 1.82) is 0 Å². The maximum atomic E-state index is 12.7. The fourth-order valence-electron chi connectivity index (χ4n) is 3.21. The van der Waals surface area contributed by atoms with Crippen molar-refractivity contribution in [3.8, 4) is 11.5 Å². The molecule has 3 rings (SSSR count). The number of nitrogens with one attached hydrogen (secondary N) is 3. The highest BCUT2D eigenvalue weighted by molar-refractivity contribution is 5.98. The summed E-state index contributed by atoms with van der Waals surface area (Å²) in [5.74, 6) is 0.899. The Labute approximate surface area is 147 Å². The van der Waals surface area contributed by atoms with Crippen LogP contribution in [-0.2, 0) is 4.79 Å². The number of hydrogen-bond donors (Lipinski definition) is 3. The minimum absolute atomic E-state index is 0.0270. The predicted octanol–water partition coefficient (Wildman–Crippen LogP) is 1.04. The third kappa shape index (κ3) is 4.22. The van der Waals surface area contributed by atoms with Gasteiger partial charge in [0.1, 0.15) is 6.04 Å². The van der Waals surface area contributed by atoms with Crippen molar-refractivity contribution in [1.82, 2.24) is 16.0 Å². The van der Waals surface area contributed by atoms with Gasteiger partial charge in [-0.15, -0.1) is 0 Å². The molecule has 3 N–H and O–H groups in total. The molecule has 1 aromatic carbocycles. The number of piperidine rings is 1. The molecular weight excluding hydrogens is 322 g/mol. The molecule has 1 unspecified atom stereocenters. The van der Waals surface area contributed by atoms with E-state index in [1.54, 1.807) is 18.2 Å². The first kappa shape index (κ1) is 17.5. The molecule has 1 aromatic rings. The van der Waals surface area contributed by atoms with Gasteiger partial charge in [0.25, 0.3) is 5.91 Å². The smallest absolute Gasteiger partial charge is 0.252 e. The molecule has 0 radical (unpaired) electrons. The van der Waals surface area contributed by atoms with E-state index in [4.69, 9.17) is 9.47 Å². The van der Waals surface area contributed by atoms with E-state index in [0.29, 0.717) is 17.1 Å². The van der Waals surface area contributed by atoms with Crippen molar-refractivity contribution >= 4 is 11.8 Å². The van der Waals surface area contributed by atoms with Gasteiger partial charge in [-0.2, -0.15) is 0 Å². The lowest BCUT2D eigenvalue weighted by Crippen LogP contribution is -2.54. The molecule has 2 aliphatic heterocycles. The Hall–Kier alpha value is -2.28. The first-order chi connectivity index (χ1) is 12.0. The van der Waals surface area contributed by atoms with Crippen molar-refractivity contribution in [2.24, 2.45) is 5.92 Å². The van der Waals surface area contributed by atoms with E-state index in [2.05, 4.69) is 16.0 Å². The highest BCUT2D eigenvalue weighted by atomic mass is 16.7. The summed E-state index contributed by atoms with van der Waals surface area (Å²) < 4.78 is 10.6. The van der Waals surface area contributed by atoms with Gasteiger partial charge in [-0.25, -0.2) is 0 Å². The lowest BCUT2D eigenvalue weighted by Gasteiger charge is -2.31. The van der Waals surface area contributed by atoms with E-state index < -0.39 is 6.04 Å². The van der Waals surface area contributed by atoms with Crippen LogP contribution in [0.25, 0.3) is 0 Å². The molecule has 1 fully saturated rings. The van der Waals surface area contributed by atoms with Gasteiger partial charge in [0.05, 0.1) is 0 Å². The number of benzene rings is 1.